The summed E-state index contributed by atoms with van der Waals surface area (Å²) in [6, 6.07) is 13.9. The topological polar surface area (TPSA) is 77.3 Å². The van der Waals surface area contributed by atoms with E-state index in [9.17, 15) is 9.50 Å². The van der Waals surface area contributed by atoms with Crippen molar-refractivity contribution >= 4 is 17.2 Å². The van der Waals surface area contributed by atoms with Crippen LogP contribution in [0.3, 0.4) is 0 Å². The molecule has 0 amide bonds. The van der Waals surface area contributed by atoms with E-state index in [-0.39, 0.29) is 12.5 Å². The van der Waals surface area contributed by atoms with Crippen molar-refractivity contribution in [3.05, 3.63) is 60.5 Å². The number of pyridine rings is 1. The summed E-state index contributed by atoms with van der Waals surface area (Å²) in [7, 11) is 1.37. The van der Waals surface area contributed by atoms with Gasteiger partial charge in [0.1, 0.15) is 17.2 Å². The molecule has 0 saturated carbocycles. The third-order valence-electron chi connectivity index (χ3n) is 4.69. The zero-order valence-corrected chi connectivity index (χ0v) is 15.3. The fourth-order valence-corrected chi connectivity index (χ4v) is 3.29. The maximum absolute atomic E-state index is 14.3. The van der Waals surface area contributed by atoms with E-state index in [1.807, 2.05) is 47.0 Å². The molecule has 146 valence electrons. The average Bonchev–Trinajstić information content (AvgIpc) is 3.34. The van der Waals surface area contributed by atoms with Gasteiger partial charge in [0.05, 0.1) is 7.11 Å². The lowest BCUT2D eigenvalue weighted by molar-refractivity contribution is 0.174. The quantitative estimate of drug-likeness (QED) is 0.538. The minimum absolute atomic E-state index is 0.0334. The van der Waals surface area contributed by atoms with Crippen LogP contribution in [0.15, 0.2) is 54.7 Å². The molecule has 0 fully saturated rings. The molecule has 8 heteroatoms. The third kappa shape index (κ3) is 2.85. The predicted octanol–water partition coefficient (Wildman–Crippen LogP) is 4.33. The number of benzene rings is 2. The number of aromatic nitrogens is 2. The highest BCUT2D eigenvalue weighted by Gasteiger charge is 2.20. The second kappa shape index (κ2) is 6.59. The molecular weight excluding hydrogens is 377 g/mol. The van der Waals surface area contributed by atoms with Gasteiger partial charge in [-0.3, -0.25) is 4.40 Å². The van der Waals surface area contributed by atoms with E-state index >= 15 is 0 Å². The zero-order chi connectivity index (χ0) is 20.0. The van der Waals surface area contributed by atoms with Gasteiger partial charge in [-0.25, -0.2) is 9.37 Å². The highest BCUT2D eigenvalue weighted by Crippen LogP contribution is 2.39. The molecule has 1 aliphatic heterocycles. The fourth-order valence-electron chi connectivity index (χ4n) is 3.29. The van der Waals surface area contributed by atoms with Gasteiger partial charge in [0, 0.05) is 23.5 Å². The molecule has 0 radical (unpaired) electrons. The van der Waals surface area contributed by atoms with Crippen LogP contribution in [0.5, 0.6) is 23.0 Å². The molecule has 3 heterocycles. The number of fused-ring (bicyclic) bond motifs is 2. The van der Waals surface area contributed by atoms with Crippen LogP contribution in [-0.2, 0) is 0 Å². The molecule has 1 aliphatic rings. The number of ether oxygens (including phenoxy) is 3. The van der Waals surface area contributed by atoms with E-state index in [0.29, 0.717) is 34.2 Å². The van der Waals surface area contributed by atoms with Crippen molar-refractivity contribution in [3.8, 4) is 34.3 Å². The van der Waals surface area contributed by atoms with E-state index in [1.54, 1.807) is 6.07 Å². The zero-order valence-electron chi connectivity index (χ0n) is 15.3. The largest absolute Gasteiger partial charge is 0.502 e. The summed E-state index contributed by atoms with van der Waals surface area (Å²) in [6.45, 7) is 0.187. The highest BCUT2D eigenvalue weighted by molar-refractivity contribution is 5.81. The normalized spacial score (nSPS) is 12.3. The van der Waals surface area contributed by atoms with Crippen molar-refractivity contribution in [3.63, 3.8) is 0 Å². The minimum atomic E-state index is -0.787. The average molecular weight is 393 g/mol. The van der Waals surface area contributed by atoms with Crippen molar-refractivity contribution in [2.75, 3.05) is 19.2 Å². The van der Waals surface area contributed by atoms with Crippen molar-refractivity contribution in [1.29, 1.82) is 0 Å². The summed E-state index contributed by atoms with van der Waals surface area (Å²) in [4.78, 5) is 4.64. The van der Waals surface area contributed by atoms with Gasteiger partial charge in [0.25, 0.3) is 0 Å². The molecule has 29 heavy (non-hydrogen) atoms. The van der Waals surface area contributed by atoms with Crippen molar-refractivity contribution in [1.82, 2.24) is 9.38 Å². The number of halogens is 1. The molecule has 0 saturated heterocycles. The van der Waals surface area contributed by atoms with Crippen molar-refractivity contribution < 1.29 is 23.7 Å². The summed E-state index contributed by atoms with van der Waals surface area (Å²) in [5.74, 6) is 0.662. The number of nitrogens with one attached hydrogen (secondary N) is 1. The van der Waals surface area contributed by atoms with E-state index in [2.05, 4.69) is 10.3 Å². The Kier molecular flexibility index (Phi) is 3.90. The van der Waals surface area contributed by atoms with Gasteiger partial charge < -0.3 is 24.6 Å². The maximum Gasteiger partial charge on any atom is 0.231 e. The Balaban J connectivity index is 1.66. The number of anilines is 2. The Labute approximate surface area is 164 Å². The number of rotatable bonds is 4. The van der Waals surface area contributed by atoms with Crippen LogP contribution in [0.25, 0.3) is 16.9 Å². The number of phenols is 1. The molecule has 7 nitrogen and oxygen atoms in total. The lowest BCUT2D eigenvalue weighted by Gasteiger charge is -2.11. The lowest BCUT2D eigenvalue weighted by atomic mass is 10.1. The van der Waals surface area contributed by atoms with Crippen molar-refractivity contribution in [2.45, 2.75) is 0 Å². The Morgan fingerprint density at radius 2 is 2.00 bits per heavy atom. The van der Waals surface area contributed by atoms with Crippen LogP contribution < -0.4 is 19.5 Å². The lowest BCUT2D eigenvalue weighted by Crippen LogP contribution is -1.97. The first-order chi connectivity index (χ1) is 14.1. The van der Waals surface area contributed by atoms with Crippen LogP contribution in [0.1, 0.15) is 0 Å². The minimum Gasteiger partial charge on any atom is -0.502 e. The first-order valence-corrected chi connectivity index (χ1v) is 8.84. The van der Waals surface area contributed by atoms with E-state index in [4.69, 9.17) is 14.2 Å². The Bertz CT molecular complexity index is 1240. The number of hydrogen-bond donors (Lipinski definition) is 2. The SMILES string of the molecule is COc1cc(-c2nc3ccccn3c2Nc2ccc3c(c2)OCO3)cc(F)c1O. The molecule has 0 spiro atoms. The summed E-state index contributed by atoms with van der Waals surface area (Å²) in [5, 5.41) is 13.2. The van der Waals surface area contributed by atoms with E-state index in [0.717, 1.165) is 5.69 Å². The molecule has 0 unspecified atom stereocenters. The first-order valence-electron chi connectivity index (χ1n) is 8.84. The molecule has 0 bridgehead atoms. The first kappa shape index (κ1) is 17.2. The summed E-state index contributed by atoms with van der Waals surface area (Å²) >= 11 is 0. The van der Waals surface area contributed by atoms with Crippen LogP contribution in [0.4, 0.5) is 15.9 Å². The van der Waals surface area contributed by atoms with Crippen molar-refractivity contribution in [2.24, 2.45) is 0 Å². The third-order valence-corrected chi connectivity index (χ3v) is 4.69. The maximum atomic E-state index is 14.3. The highest BCUT2D eigenvalue weighted by atomic mass is 19.1. The van der Waals surface area contributed by atoms with Crippen LogP contribution in [-0.4, -0.2) is 28.4 Å². The number of imidazole rings is 1. The van der Waals surface area contributed by atoms with Gasteiger partial charge in [-0.15, -0.1) is 0 Å². The second-order valence-electron chi connectivity index (χ2n) is 6.44. The van der Waals surface area contributed by atoms with Gasteiger partial charge in [-0.2, -0.15) is 0 Å². The standard InChI is InChI=1S/C21H16FN3O4/c1-27-17-9-12(8-14(22)20(17)26)19-21(25-7-3-2-4-18(25)24-19)23-13-5-6-15-16(10-13)29-11-28-15/h2-10,23,26H,11H2,1H3. The number of phenolic OH excluding ortho intramolecular Hbond substituents is 1. The summed E-state index contributed by atoms with van der Waals surface area (Å²) in [5.41, 5.74) is 2.40. The van der Waals surface area contributed by atoms with E-state index < -0.39 is 11.6 Å². The molecule has 0 atom stereocenters. The van der Waals surface area contributed by atoms with Gasteiger partial charge in [0.2, 0.25) is 6.79 Å². The Morgan fingerprint density at radius 3 is 2.86 bits per heavy atom. The molecule has 2 aromatic heterocycles. The Hall–Kier alpha value is -3.94. The van der Waals surface area contributed by atoms with Gasteiger partial charge >= 0.3 is 0 Å². The smallest absolute Gasteiger partial charge is 0.231 e. The monoisotopic (exact) mass is 393 g/mol. The van der Waals surface area contributed by atoms with Crippen LogP contribution >= 0.6 is 0 Å². The second-order valence-corrected chi connectivity index (χ2v) is 6.44. The van der Waals surface area contributed by atoms with Crippen LogP contribution in [0, 0.1) is 5.82 Å². The Morgan fingerprint density at radius 1 is 1.14 bits per heavy atom. The number of nitrogens with zero attached hydrogens (tertiary/aromatic N) is 2. The molecule has 4 aromatic rings. The van der Waals surface area contributed by atoms with Gasteiger partial charge in [0.15, 0.2) is 28.8 Å². The molecule has 0 aliphatic carbocycles. The molecule has 2 N–H and O–H groups in total. The fraction of sp³-hybridized carbons (Fsp3) is 0.0952. The van der Waals surface area contributed by atoms with Gasteiger partial charge in [-0.05, 0) is 36.4 Å². The molecule has 2 aromatic carbocycles. The van der Waals surface area contributed by atoms with Gasteiger partial charge in [-0.1, -0.05) is 6.07 Å². The van der Waals surface area contributed by atoms with Crippen LogP contribution in [0.2, 0.25) is 0 Å². The summed E-state index contributed by atoms with van der Waals surface area (Å²) in [6.07, 6.45) is 1.86. The molecule has 5 rings (SSSR count). The van der Waals surface area contributed by atoms with E-state index in [1.165, 1.54) is 13.2 Å². The number of hydrogen-bond acceptors (Lipinski definition) is 6. The number of methoxy groups -OCH3 is 1. The number of aromatic hydroxyl groups is 1. The summed E-state index contributed by atoms with van der Waals surface area (Å²) < 4.78 is 32.0. The predicted molar refractivity (Wildman–Crippen MR) is 105 cm³/mol. The molecular formula is C21H16FN3O4.